The number of benzene rings is 3. The number of rotatable bonds is 7. The number of imidazole rings is 1. The Morgan fingerprint density at radius 2 is 1.48 bits per heavy atom. The normalized spacial score (nSPS) is 11.1. The van der Waals surface area contributed by atoms with Crippen molar-refractivity contribution in [2.45, 2.75) is 33.1 Å². The van der Waals surface area contributed by atoms with Gasteiger partial charge in [0.1, 0.15) is 11.4 Å². The van der Waals surface area contributed by atoms with E-state index in [-0.39, 0.29) is 0 Å². The molecule has 0 bridgehead atoms. The number of ether oxygens (including phenoxy) is 1. The number of nitrogens with zero attached hydrogens (tertiary/aromatic N) is 2. The highest BCUT2D eigenvalue weighted by Crippen LogP contribution is 2.21. The zero-order chi connectivity index (χ0) is 20.2. The molecule has 3 aromatic carbocycles. The van der Waals surface area contributed by atoms with Gasteiger partial charge in [-0.25, -0.2) is 4.73 Å². The van der Waals surface area contributed by atoms with Gasteiger partial charge in [0.05, 0.1) is 6.61 Å². The molecule has 4 aromatic rings. The quantitative estimate of drug-likeness (QED) is 0.331. The van der Waals surface area contributed by atoms with Crippen LogP contribution in [0, 0.1) is 5.21 Å². The van der Waals surface area contributed by atoms with E-state index in [1.807, 2.05) is 47.9 Å². The van der Waals surface area contributed by atoms with Crippen LogP contribution in [0.3, 0.4) is 0 Å². The maximum atomic E-state index is 12.5. The van der Waals surface area contributed by atoms with Gasteiger partial charge in [0, 0.05) is 0 Å². The van der Waals surface area contributed by atoms with Crippen LogP contribution in [0.4, 0.5) is 0 Å². The van der Waals surface area contributed by atoms with E-state index in [4.69, 9.17) is 4.74 Å². The van der Waals surface area contributed by atoms with Crippen molar-refractivity contribution >= 4 is 11.0 Å². The van der Waals surface area contributed by atoms with Crippen LogP contribution in [0.1, 0.15) is 30.5 Å². The molecule has 4 nitrogen and oxygen atoms in total. The van der Waals surface area contributed by atoms with E-state index in [2.05, 4.69) is 37.3 Å². The second-order valence-corrected chi connectivity index (χ2v) is 7.23. The van der Waals surface area contributed by atoms with Crippen molar-refractivity contribution in [2.75, 3.05) is 6.61 Å². The zero-order valence-corrected chi connectivity index (χ0v) is 17.0. The van der Waals surface area contributed by atoms with Crippen LogP contribution in [0.15, 0.2) is 73.1 Å². The van der Waals surface area contributed by atoms with Gasteiger partial charge in [-0.1, -0.05) is 37.3 Å². The van der Waals surface area contributed by atoms with Crippen molar-refractivity contribution in [2.24, 2.45) is 0 Å². The molecule has 1 aromatic heterocycles. The highest BCUT2D eigenvalue weighted by atomic mass is 16.5. The van der Waals surface area contributed by atoms with E-state index in [1.165, 1.54) is 16.7 Å². The van der Waals surface area contributed by atoms with Gasteiger partial charge in [0.25, 0.3) is 6.33 Å². The largest absolute Gasteiger partial charge is 0.710 e. The van der Waals surface area contributed by atoms with Gasteiger partial charge in [-0.3, -0.25) is 0 Å². The molecule has 0 saturated carbocycles. The summed E-state index contributed by atoms with van der Waals surface area (Å²) in [5.74, 6) is 0.831. The highest BCUT2D eigenvalue weighted by molar-refractivity contribution is 5.75. The third kappa shape index (κ3) is 4.11. The van der Waals surface area contributed by atoms with Crippen molar-refractivity contribution in [3.05, 3.63) is 95.0 Å². The summed E-state index contributed by atoms with van der Waals surface area (Å²) in [5.41, 5.74) is 6.39. The fourth-order valence-corrected chi connectivity index (χ4v) is 3.64. The SMILES string of the molecule is CCOc1ccc(-n2c[n+]([O-])c3cc(CCc4ccc(CC)cc4)ccc32)cc1. The molecule has 0 saturated heterocycles. The number of aryl methyl sites for hydroxylation is 3. The van der Waals surface area contributed by atoms with E-state index in [9.17, 15) is 5.21 Å². The van der Waals surface area contributed by atoms with Crippen molar-refractivity contribution in [1.82, 2.24) is 4.57 Å². The van der Waals surface area contributed by atoms with Crippen LogP contribution < -0.4 is 9.47 Å². The molecule has 0 aliphatic heterocycles. The zero-order valence-electron chi connectivity index (χ0n) is 17.0. The number of aromatic nitrogens is 2. The fraction of sp³-hybridized carbons (Fsp3) is 0.240. The number of hydrogen-bond donors (Lipinski definition) is 0. The molecule has 0 N–H and O–H groups in total. The van der Waals surface area contributed by atoms with Gasteiger partial charge in [-0.15, -0.1) is 0 Å². The molecule has 0 unspecified atom stereocenters. The first-order chi connectivity index (χ1) is 14.2. The molecule has 0 aliphatic rings. The molecule has 0 fully saturated rings. The predicted molar refractivity (Wildman–Crippen MR) is 117 cm³/mol. The van der Waals surface area contributed by atoms with E-state index < -0.39 is 0 Å². The third-order valence-electron chi connectivity index (χ3n) is 5.32. The van der Waals surface area contributed by atoms with E-state index in [0.717, 1.165) is 40.9 Å². The lowest BCUT2D eigenvalue weighted by Crippen LogP contribution is -2.23. The van der Waals surface area contributed by atoms with Crippen LogP contribution in [0.2, 0.25) is 0 Å². The van der Waals surface area contributed by atoms with Crippen LogP contribution in [-0.2, 0) is 19.3 Å². The molecule has 0 amide bonds. The van der Waals surface area contributed by atoms with Gasteiger partial charge in [0.2, 0.25) is 0 Å². The summed E-state index contributed by atoms with van der Waals surface area (Å²) >= 11 is 0. The Bertz CT molecular complexity index is 1100. The van der Waals surface area contributed by atoms with Gasteiger partial charge >= 0.3 is 0 Å². The Balaban J connectivity index is 1.55. The lowest BCUT2D eigenvalue weighted by atomic mass is 10.0. The number of fused-ring (bicyclic) bond motifs is 1. The summed E-state index contributed by atoms with van der Waals surface area (Å²) in [6.45, 7) is 4.77. The Morgan fingerprint density at radius 1 is 0.828 bits per heavy atom. The van der Waals surface area contributed by atoms with Crippen molar-refractivity contribution < 1.29 is 9.47 Å². The molecule has 0 aliphatic carbocycles. The second-order valence-electron chi connectivity index (χ2n) is 7.23. The smallest absolute Gasteiger partial charge is 0.253 e. The summed E-state index contributed by atoms with van der Waals surface area (Å²) in [7, 11) is 0. The summed E-state index contributed by atoms with van der Waals surface area (Å²) in [6, 6.07) is 22.8. The summed E-state index contributed by atoms with van der Waals surface area (Å²) < 4.78 is 8.38. The number of hydrogen-bond acceptors (Lipinski definition) is 2. The van der Waals surface area contributed by atoms with Gasteiger partial charge in [-0.05, 0) is 79.3 Å². The Kier molecular flexibility index (Phi) is 5.52. The van der Waals surface area contributed by atoms with Crippen LogP contribution in [-0.4, -0.2) is 11.2 Å². The van der Waals surface area contributed by atoms with Crippen molar-refractivity contribution in [1.29, 1.82) is 0 Å². The molecule has 148 valence electrons. The van der Waals surface area contributed by atoms with Crippen LogP contribution >= 0.6 is 0 Å². The fourth-order valence-electron chi connectivity index (χ4n) is 3.64. The molecule has 4 rings (SSSR count). The Hall–Kier alpha value is -3.27. The van der Waals surface area contributed by atoms with Gasteiger partial charge < -0.3 is 9.94 Å². The summed E-state index contributed by atoms with van der Waals surface area (Å²) in [4.78, 5) is 0. The van der Waals surface area contributed by atoms with Crippen molar-refractivity contribution in [3.63, 3.8) is 0 Å². The molecule has 0 radical (unpaired) electrons. The first-order valence-corrected chi connectivity index (χ1v) is 10.2. The molecule has 1 heterocycles. The minimum Gasteiger partial charge on any atom is -0.710 e. The predicted octanol–water partition coefficient (Wildman–Crippen LogP) is 5.01. The first kappa shape index (κ1) is 19.1. The maximum absolute atomic E-state index is 12.5. The van der Waals surface area contributed by atoms with Crippen molar-refractivity contribution in [3.8, 4) is 11.4 Å². The van der Waals surface area contributed by atoms with Crippen LogP contribution in [0.5, 0.6) is 5.75 Å². The average molecular weight is 386 g/mol. The Labute approximate surface area is 171 Å². The molecule has 29 heavy (non-hydrogen) atoms. The first-order valence-electron chi connectivity index (χ1n) is 10.2. The van der Waals surface area contributed by atoms with E-state index >= 15 is 0 Å². The molecule has 0 spiro atoms. The lowest BCUT2D eigenvalue weighted by Gasteiger charge is -2.05. The Morgan fingerprint density at radius 3 is 2.17 bits per heavy atom. The maximum Gasteiger partial charge on any atom is 0.253 e. The standard InChI is InChI=1S/C25H26N2O2/c1-3-19-5-7-20(8-6-19)9-10-21-11-16-24-25(17-21)27(28)18-26(24)22-12-14-23(15-13-22)29-4-2/h5-8,11-18H,3-4,9-10H2,1-2H3. The summed E-state index contributed by atoms with van der Waals surface area (Å²) in [6.07, 6.45) is 4.53. The van der Waals surface area contributed by atoms with E-state index in [1.54, 1.807) is 6.33 Å². The topological polar surface area (TPSA) is 41.1 Å². The molecular formula is C25H26N2O2. The van der Waals surface area contributed by atoms with E-state index in [0.29, 0.717) is 12.1 Å². The minimum absolute atomic E-state index is 0.637. The molecule has 0 atom stereocenters. The monoisotopic (exact) mass is 386 g/mol. The van der Waals surface area contributed by atoms with Gasteiger partial charge in [-0.2, -0.15) is 4.57 Å². The average Bonchev–Trinajstić information content (AvgIpc) is 3.09. The van der Waals surface area contributed by atoms with Crippen LogP contribution in [0.25, 0.3) is 16.7 Å². The third-order valence-corrected chi connectivity index (χ3v) is 5.32. The minimum atomic E-state index is 0.637. The molecule has 4 heteroatoms. The van der Waals surface area contributed by atoms with Gasteiger partial charge in [0.15, 0.2) is 11.0 Å². The summed E-state index contributed by atoms with van der Waals surface area (Å²) in [5, 5.41) is 12.5. The molecular weight excluding hydrogens is 360 g/mol. The second kappa shape index (κ2) is 8.39. The highest BCUT2D eigenvalue weighted by Gasteiger charge is 2.15. The lowest BCUT2D eigenvalue weighted by molar-refractivity contribution is -0.577.